The van der Waals surface area contributed by atoms with E-state index < -0.39 is 5.60 Å². The summed E-state index contributed by atoms with van der Waals surface area (Å²) in [6.45, 7) is 6.62. The molecule has 4 aromatic rings. The average molecular weight is 497 g/mol. The van der Waals surface area contributed by atoms with Gasteiger partial charge in [0.15, 0.2) is 0 Å². The lowest BCUT2D eigenvalue weighted by atomic mass is 9.91. The molecular formula is C24H25ClN6O4. The molecule has 35 heavy (non-hydrogen) atoms. The molecule has 0 unspecified atom stereocenters. The number of aromatic amines is 1. The standard InChI is InChI=1S/C24H25ClN6O4/c1-24(2,3)34-23(33)30-11-8-14(9-12-30)19-18(21-26-17(32)10-13-31(21)28-19)20-27-22(35-29-20)15-4-6-16(25)7-5-15/h4-7,10,13-14H,8-9,11-12H2,1-3H3,(H,26,32). The van der Waals surface area contributed by atoms with E-state index in [0.29, 0.717) is 53.9 Å². The van der Waals surface area contributed by atoms with Crippen LogP contribution in [0.25, 0.3) is 28.5 Å². The fraction of sp³-hybridized carbons (Fsp3) is 0.375. The first kappa shape index (κ1) is 23.1. The number of ether oxygens (including phenoxy) is 1. The number of nitrogens with zero attached hydrogens (tertiary/aromatic N) is 5. The largest absolute Gasteiger partial charge is 0.444 e. The molecule has 5 rings (SSSR count). The van der Waals surface area contributed by atoms with Crippen LogP contribution in [0.15, 0.2) is 45.8 Å². The van der Waals surface area contributed by atoms with E-state index in [1.807, 2.05) is 20.8 Å². The van der Waals surface area contributed by atoms with E-state index in [0.717, 1.165) is 11.3 Å². The van der Waals surface area contributed by atoms with Crippen LogP contribution in [0.3, 0.4) is 0 Å². The van der Waals surface area contributed by atoms with Gasteiger partial charge in [0.2, 0.25) is 5.82 Å². The number of hydrogen-bond donors (Lipinski definition) is 1. The Morgan fingerprint density at radius 1 is 1.17 bits per heavy atom. The van der Waals surface area contributed by atoms with Crippen molar-refractivity contribution in [3.63, 3.8) is 0 Å². The molecular weight excluding hydrogens is 472 g/mol. The number of rotatable bonds is 3. The Balaban J connectivity index is 1.47. The number of H-pyrrole nitrogens is 1. The topological polar surface area (TPSA) is 119 Å². The molecule has 1 saturated heterocycles. The van der Waals surface area contributed by atoms with Crippen LogP contribution in [-0.4, -0.2) is 54.4 Å². The van der Waals surface area contributed by atoms with Gasteiger partial charge in [-0.25, -0.2) is 9.31 Å². The number of carbonyl (C=O) groups excluding carboxylic acids is 1. The molecule has 1 aliphatic heterocycles. The van der Waals surface area contributed by atoms with Gasteiger partial charge in [0, 0.05) is 41.9 Å². The highest BCUT2D eigenvalue weighted by molar-refractivity contribution is 6.30. The van der Waals surface area contributed by atoms with Crippen molar-refractivity contribution in [3.8, 4) is 22.8 Å². The van der Waals surface area contributed by atoms with Crippen molar-refractivity contribution in [2.45, 2.75) is 45.1 Å². The Morgan fingerprint density at radius 2 is 1.89 bits per heavy atom. The fourth-order valence-corrected chi connectivity index (χ4v) is 4.31. The molecule has 1 aliphatic rings. The summed E-state index contributed by atoms with van der Waals surface area (Å²) in [6.07, 6.45) is 2.66. The minimum absolute atomic E-state index is 0.0320. The molecule has 4 heterocycles. The van der Waals surface area contributed by atoms with Gasteiger partial charge in [-0.1, -0.05) is 16.8 Å². The quantitative estimate of drug-likeness (QED) is 0.443. The lowest BCUT2D eigenvalue weighted by molar-refractivity contribution is 0.0204. The van der Waals surface area contributed by atoms with Gasteiger partial charge in [0.05, 0.1) is 11.3 Å². The summed E-state index contributed by atoms with van der Waals surface area (Å²) in [7, 11) is 0. The zero-order chi connectivity index (χ0) is 24.7. The maximum absolute atomic E-state index is 12.5. The summed E-state index contributed by atoms with van der Waals surface area (Å²) in [5.41, 5.74) is 1.78. The maximum Gasteiger partial charge on any atom is 0.410 e. The first-order valence-corrected chi connectivity index (χ1v) is 11.8. The van der Waals surface area contributed by atoms with Crippen LogP contribution in [0.2, 0.25) is 5.02 Å². The summed E-state index contributed by atoms with van der Waals surface area (Å²) in [5, 5.41) is 9.55. The number of likely N-dealkylation sites (tertiary alicyclic amines) is 1. The SMILES string of the molecule is CC(C)(C)OC(=O)N1CCC(c2nn3ccc(=O)[nH]c3c2-c2noc(-c3ccc(Cl)cc3)n2)CC1. The van der Waals surface area contributed by atoms with Crippen molar-refractivity contribution in [3.05, 3.63) is 57.6 Å². The molecule has 1 aromatic carbocycles. The number of carbonyl (C=O) groups is 1. The molecule has 0 atom stereocenters. The third-order valence-electron chi connectivity index (χ3n) is 5.82. The summed E-state index contributed by atoms with van der Waals surface area (Å²) in [5.74, 6) is 0.695. The predicted molar refractivity (Wildman–Crippen MR) is 129 cm³/mol. The lowest BCUT2D eigenvalue weighted by Crippen LogP contribution is -2.41. The highest BCUT2D eigenvalue weighted by atomic mass is 35.5. The number of benzene rings is 1. The van der Waals surface area contributed by atoms with Crippen LogP contribution >= 0.6 is 11.6 Å². The molecule has 3 aromatic heterocycles. The van der Waals surface area contributed by atoms with Crippen molar-refractivity contribution in [2.24, 2.45) is 0 Å². The predicted octanol–water partition coefficient (Wildman–Crippen LogP) is 4.51. The van der Waals surface area contributed by atoms with Crippen LogP contribution in [0.5, 0.6) is 0 Å². The highest BCUT2D eigenvalue weighted by Gasteiger charge is 2.32. The second-order valence-corrected chi connectivity index (χ2v) is 9.97. The number of nitrogens with one attached hydrogen (secondary N) is 1. The van der Waals surface area contributed by atoms with Crippen molar-refractivity contribution >= 4 is 23.3 Å². The van der Waals surface area contributed by atoms with E-state index in [-0.39, 0.29) is 17.6 Å². The zero-order valence-electron chi connectivity index (χ0n) is 19.6. The zero-order valence-corrected chi connectivity index (χ0v) is 20.4. The van der Waals surface area contributed by atoms with Gasteiger partial charge < -0.3 is 19.1 Å². The van der Waals surface area contributed by atoms with Gasteiger partial charge in [-0.3, -0.25) is 4.79 Å². The van der Waals surface area contributed by atoms with Crippen LogP contribution in [0, 0.1) is 0 Å². The van der Waals surface area contributed by atoms with Crippen LogP contribution in [0.1, 0.15) is 45.2 Å². The number of hydrogen-bond acceptors (Lipinski definition) is 7. The molecule has 1 amide bonds. The first-order chi connectivity index (χ1) is 16.7. The van der Waals surface area contributed by atoms with Gasteiger partial charge in [0.1, 0.15) is 11.2 Å². The average Bonchev–Trinajstić information content (AvgIpc) is 3.43. The van der Waals surface area contributed by atoms with E-state index >= 15 is 0 Å². The van der Waals surface area contributed by atoms with Gasteiger partial charge in [-0.2, -0.15) is 10.1 Å². The fourth-order valence-electron chi connectivity index (χ4n) is 4.18. The van der Waals surface area contributed by atoms with E-state index in [9.17, 15) is 9.59 Å². The Hall–Kier alpha value is -3.66. The van der Waals surface area contributed by atoms with E-state index in [2.05, 4.69) is 15.1 Å². The molecule has 0 spiro atoms. The van der Waals surface area contributed by atoms with Gasteiger partial charge >= 0.3 is 6.09 Å². The molecule has 0 aliphatic carbocycles. The minimum Gasteiger partial charge on any atom is -0.444 e. The van der Waals surface area contributed by atoms with Crippen molar-refractivity contribution in [1.82, 2.24) is 29.6 Å². The molecule has 1 fully saturated rings. The molecule has 0 saturated carbocycles. The van der Waals surface area contributed by atoms with Crippen LogP contribution in [0.4, 0.5) is 4.79 Å². The third kappa shape index (κ3) is 4.79. The first-order valence-electron chi connectivity index (χ1n) is 11.4. The summed E-state index contributed by atoms with van der Waals surface area (Å²) in [4.78, 5) is 33.7. The summed E-state index contributed by atoms with van der Waals surface area (Å²) >= 11 is 5.99. The minimum atomic E-state index is -0.547. The van der Waals surface area contributed by atoms with Crippen molar-refractivity contribution in [2.75, 3.05) is 13.1 Å². The third-order valence-corrected chi connectivity index (χ3v) is 6.07. The van der Waals surface area contributed by atoms with E-state index in [1.165, 1.54) is 6.07 Å². The molecule has 0 radical (unpaired) electrons. The number of aromatic nitrogens is 5. The Morgan fingerprint density at radius 3 is 2.57 bits per heavy atom. The van der Waals surface area contributed by atoms with Crippen LogP contribution in [-0.2, 0) is 4.74 Å². The number of halogens is 1. The Bertz CT molecular complexity index is 1420. The van der Waals surface area contributed by atoms with Gasteiger partial charge in [0.25, 0.3) is 11.4 Å². The summed E-state index contributed by atoms with van der Waals surface area (Å²) < 4.78 is 12.7. The maximum atomic E-state index is 12.5. The second-order valence-electron chi connectivity index (χ2n) is 9.53. The Kier molecular flexibility index (Phi) is 5.84. The number of fused-ring (bicyclic) bond motifs is 1. The van der Waals surface area contributed by atoms with E-state index in [1.54, 1.807) is 39.9 Å². The van der Waals surface area contributed by atoms with Crippen LogP contribution < -0.4 is 5.56 Å². The number of amides is 1. The van der Waals surface area contributed by atoms with Crippen molar-refractivity contribution in [1.29, 1.82) is 0 Å². The van der Waals surface area contributed by atoms with Gasteiger partial charge in [-0.15, -0.1) is 0 Å². The molecule has 0 bridgehead atoms. The second kappa shape index (κ2) is 8.84. The van der Waals surface area contributed by atoms with Gasteiger partial charge in [-0.05, 0) is 57.9 Å². The lowest BCUT2D eigenvalue weighted by Gasteiger charge is -2.33. The monoisotopic (exact) mass is 496 g/mol. The smallest absolute Gasteiger partial charge is 0.410 e. The molecule has 11 heteroatoms. The molecule has 1 N–H and O–H groups in total. The van der Waals surface area contributed by atoms with Crippen molar-refractivity contribution < 1.29 is 14.1 Å². The highest BCUT2D eigenvalue weighted by Crippen LogP contribution is 2.36. The Labute approximate surface area is 205 Å². The molecule has 10 nitrogen and oxygen atoms in total. The summed E-state index contributed by atoms with van der Waals surface area (Å²) in [6, 6.07) is 8.50. The molecule has 182 valence electrons. The normalized spacial score (nSPS) is 15.0. The van der Waals surface area contributed by atoms with E-state index in [4.69, 9.17) is 26.0 Å². The number of piperidine rings is 1.